The minimum atomic E-state index is 0.355. The van der Waals surface area contributed by atoms with E-state index in [2.05, 4.69) is 53.5 Å². The fourth-order valence-electron chi connectivity index (χ4n) is 1.96. The second-order valence-electron chi connectivity index (χ2n) is 4.67. The Kier molecular flexibility index (Phi) is 4.10. The Morgan fingerprint density at radius 1 is 1.39 bits per heavy atom. The van der Waals surface area contributed by atoms with Gasteiger partial charge in [0.1, 0.15) is 6.33 Å². The fraction of sp³-hybridized carbons (Fsp3) is 0.429. The van der Waals surface area contributed by atoms with Crippen molar-refractivity contribution in [1.82, 2.24) is 20.1 Å². The zero-order valence-corrected chi connectivity index (χ0v) is 11.2. The van der Waals surface area contributed by atoms with Gasteiger partial charge in [-0.05, 0) is 19.4 Å². The van der Waals surface area contributed by atoms with Gasteiger partial charge in [-0.15, -0.1) is 0 Å². The SMILES string of the molecule is Cc1cccc(C(C)NCCc2ncn(C)n2)c1. The number of aromatic nitrogens is 3. The van der Waals surface area contributed by atoms with Gasteiger partial charge in [0, 0.05) is 26.1 Å². The molecule has 1 aromatic heterocycles. The highest BCUT2D eigenvalue weighted by Gasteiger charge is 2.05. The van der Waals surface area contributed by atoms with Gasteiger partial charge in [-0.1, -0.05) is 29.8 Å². The van der Waals surface area contributed by atoms with Crippen LogP contribution in [-0.4, -0.2) is 21.3 Å². The van der Waals surface area contributed by atoms with E-state index in [1.54, 1.807) is 11.0 Å². The summed E-state index contributed by atoms with van der Waals surface area (Å²) in [5.41, 5.74) is 2.62. The zero-order valence-electron chi connectivity index (χ0n) is 11.2. The molecule has 1 aromatic carbocycles. The van der Waals surface area contributed by atoms with Crippen LogP contribution in [0.4, 0.5) is 0 Å². The standard InChI is InChI=1S/C14H20N4/c1-11-5-4-6-13(9-11)12(2)15-8-7-14-16-10-18(3)17-14/h4-6,9-10,12,15H,7-8H2,1-3H3. The first-order valence-electron chi connectivity index (χ1n) is 6.29. The molecule has 0 spiro atoms. The summed E-state index contributed by atoms with van der Waals surface area (Å²) in [6.07, 6.45) is 2.59. The number of rotatable bonds is 5. The summed E-state index contributed by atoms with van der Waals surface area (Å²) in [5.74, 6) is 0.890. The van der Waals surface area contributed by atoms with Crippen molar-refractivity contribution in [2.75, 3.05) is 6.54 Å². The summed E-state index contributed by atoms with van der Waals surface area (Å²) in [6.45, 7) is 5.19. The third-order valence-electron chi connectivity index (χ3n) is 2.99. The topological polar surface area (TPSA) is 42.7 Å². The Balaban J connectivity index is 1.83. The molecule has 2 aromatic rings. The van der Waals surface area contributed by atoms with Crippen molar-refractivity contribution in [1.29, 1.82) is 0 Å². The van der Waals surface area contributed by atoms with Crippen molar-refractivity contribution in [3.63, 3.8) is 0 Å². The predicted molar refractivity (Wildman–Crippen MR) is 72.3 cm³/mol. The summed E-state index contributed by atoms with van der Waals surface area (Å²) in [6, 6.07) is 8.95. The Morgan fingerprint density at radius 2 is 2.22 bits per heavy atom. The number of nitrogens with one attached hydrogen (secondary N) is 1. The monoisotopic (exact) mass is 244 g/mol. The largest absolute Gasteiger partial charge is 0.310 e. The van der Waals surface area contributed by atoms with E-state index in [9.17, 15) is 0 Å². The number of hydrogen-bond donors (Lipinski definition) is 1. The third-order valence-corrected chi connectivity index (χ3v) is 2.99. The molecule has 0 saturated heterocycles. The first kappa shape index (κ1) is 12.8. The minimum Gasteiger partial charge on any atom is -0.310 e. The molecule has 0 aliphatic heterocycles. The molecule has 0 fully saturated rings. The van der Waals surface area contributed by atoms with E-state index in [0.29, 0.717) is 6.04 Å². The molecule has 96 valence electrons. The van der Waals surface area contributed by atoms with Gasteiger partial charge in [0.15, 0.2) is 5.82 Å². The molecule has 1 atom stereocenters. The van der Waals surface area contributed by atoms with Crippen molar-refractivity contribution in [3.05, 3.63) is 47.5 Å². The summed E-state index contributed by atoms with van der Waals surface area (Å²) < 4.78 is 1.74. The maximum Gasteiger partial charge on any atom is 0.151 e. The van der Waals surface area contributed by atoms with Gasteiger partial charge in [0.25, 0.3) is 0 Å². The molecule has 0 aliphatic rings. The van der Waals surface area contributed by atoms with Gasteiger partial charge in [0.05, 0.1) is 0 Å². The smallest absolute Gasteiger partial charge is 0.151 e. The molecule has 4 nitrogen and oxygen atoms in total. The molecule has 0 aliphatic carbocycles. The normalized spacial score (nSPS) is 12.6. The number of benzene rings is 1. The van der Waals surface area contributed by atoms with Gasteiger partial charge in [-0.3, -0.25) is 4.68 Å². The quantitative estimate of drug-likeness (QED) is 0.875. The summed E-state index contributed by atoms with van der Waals surface area (Å²) >= 11 is 0. The van der Waals surface area contributed by atoms with Gasteiger partial charge < -0.3 is 5.32 Å². The zero-order chi connectivity index (χ0) is 13.0. The average molecular weight is 244 g/mol. The van der Waals surface area contributed by atoms with E-state index in [1.807, 2.05) is 7.05 Å². The van der Waals surface area contributed by atoms with Crippen LogP contribution in [0.15, 0.2) is 30.6 Å². The van der Waals surface area contributed by atoms with Gasteiger partial charge in [-0.2, -0.15) is 5.10 Å². The van der Waals surface area contributed by atoms with Crippen LogP contribution in [0.5, 0.6) is 0 Å². The molecule has 1 heterocycles. The van der Waals surface area contributed by atoms with Crippen molar-refractivity contribution in [2.45, 2.75) is 26.3 Å². The van der Waals surface area contributed by atoms with Crippen LogP contribution in [0.3, 0.4) is 0 Å². The molecule has 1 N–H and O–H groups in total. The molecule has 0 radical (unpaired) electrons. The van der Waals surface area contributed by atoms with E-state index >= 15 is 0 Å². The van der Waals surface area contributed by atoms with E-state index < -0.39 is 0 Å². The summed E-state index contributed by atoms with van der Waals surface area (Å²) in [5, 5.41) is 7.75. The number of hydrogen-bond acceptors (Lipinski definition) is 3. The molecule has 0 saturated carbocycles. The highest BCUT2D eigenvalue weighted by molar-refractivity contribution is 5.24. The maximum atomic E-state index is 4.26. The fourth-order valence-corrected chi connectivity index (χ4v) is 1.96. The maximum absolute atomic E-state index is 4.26. The first-order chi connectivity index (χ1) is 8.65. The predicted octanol–water partition coefficient (Wildman–Crippen LogP) is 2.02. The Labute approximate surface area is 108 Å². The van der Waals surface area contributed by atoms with Crippen molar-refractivity contribution in [3.8, 4) is 0 Å². The van der Waals surface area contributed by atoms with Gasteiger partial charge in [-0.25, -0.2) is 4.98 Å². The molecule has 1 unspecified atom stereocenters. The first-order valence-corrected chi connectivity index (χ1v) is 6.29. The number of nitrogens with zero attached hydrogens (tertiary/aromatic N) is 3. The second-order valence-corrected chi connectivity index (χ2v) is 4.67. The molecule has 4 heteroatoms. The van der Waals surface area contributed by atoms with Gasteiger partial charge >= 0.3 is 0 Å². The van der Waals surface area contributed by atoms with Crippen LogP contribution in [0.25, 0.3) is 0 Å². The summed E-state index contributed by atoms with van der Waals surface area (Å²) in [7, 11) is 1.89. The highest BCUT2D eigenvalue weighted by atomic mass is 15.3. The van der Waals surface area contributed by atoms with Crippen molar-refractivity contribution in [2.24, 2.45) is 7.05 Å². The van der Waals surface area contributed by atoms with E-state index in [4.69, 9.17) is 0 Å². The van der Waals surface area contributed by atoms with E-state index in [-0.39, 0.29) is 0 Å². The Bertz CT molecular complexity index is 504. The van der Waals surface area contributed by atoms with Crippen LogP contribution in [0.2, 0.25) is 0 Å². The Hall–Kier alpha value is -1.68. The minimum absolute atomic E-state index is 0.355. The molecular weight excluding hydrogens is 224 g/mol. The molecule has 0 bridgehead atoms. The number of aryl methyl sites for hydroxylation is 2. The van der Waals surface area contributed by atoms with Crippen LogP contribution >= 0.6 is 0 Å². The van der Waals surface area contributed by atoms with Crippen LogP contribution < -0.4 is 5.32 Å². The average Bonchev–Trinajstić information content (AvgIpc) is 2.75. The second kappa shape index (κ2) is 5.78. The van der Waals surface area contributed by atoms with E-state index in [0.717, 1.165) is 18.8 Å². The summed E-state index contributed by atoms with van der Waals surface area (Å²) in [4.78, 5) is 4.21. The van der Waals surface area contributed by atoms with Crippen LogP contribution in [0.1, 0.15) is 29.9 Å². The van der Waals surface area contributed by atoms with Crippen LogP contribution in [-0.2, 0) is 13.5 Å². The van der Waals surface area contributed by atoms with Gasteiger partial charge in [0.2, 0.25) is 0 Å². The van der Waals surface area contributed by atoms with Crippen molar-refractivity contribution >= 4 is 0 Å². The van der Waals surface area contributed by atoms with Crippen molar-refractivity contribution < 1.29 is 0 Å². The molecule has 0 amide bonds. The highest BCUT2D eigenvalue weighted by Crippen LogP contribution is 2.13. The lowest BCUT2D eigenvalue weighted by Gasteiger charge is -2.14. The third kappa shape index (κ3) is 3.40. The lowest BCUT2D eigenvalue weighted by Crippen LogP contribution is -2.21. The lowest BCUT2D eigenvalue weighted by atomic mass is 10.1. The molecule has 2 rings (SSSR count). The molecular formula is C14H20N4. The van der Waals surface area contributed by atoms with E-state index in [1.165, 1.54) is 11.1 Å². The molecule has 18 heavy (non-hydrogen) atoms. The lowest BCUT2D eigenvalue weighted by molar-refractivity contribution is 0.568. The van der Waals surface area contributed by atoms with Crippen LogP contribution in [0, 0.1) is 6.92 Å². The Morgan fingerprint density at radius 3 is 2.89 bits per heavy atom.